The molecule has 158 valence electrons. The number of thiazole rings is 1. The lowest BCUT2D eigenvalue weighted by Gasteiger charge is -2.16. The first-order valence-corrected chi connectivity index (χ1v) is 10.5. The highest BCUT2D eigenvalue weighted by atomic mass is 32.1. The van der Waals surface area contributed by atoms with Crippen molar-refractivity contribution < 1.29 is 14.3 Å². The zero-order valence-electron chi connectivity index (χ0n) is 17.1. The highest BCUT2D eigenvalue weighted by Crippen LogP contribution is 2.25. The lowest BCUT2D eigenvalue weighted by Crippen LogP contribution is -2.30. The Labute approximate surface area is 182 Å². The van der Waals surface area contributed by atoms with Gasteiger partial charge in [-0.15, -0.1) is 11.3 Å². The average molecular weight is 436 g/mol. The topological polar surface area (TPSA) is 81.9 Å². The highest BCUT2D eigenvalue weighted by Gasteiger charge is 2.17. The van der Waals surface area contributed by atoms with Crippen LogP contribution < -0.4 is 20.3 Å². The van der Waals surface area contributed by atoms with Crippen LogP contribution in [0.2, 0.25) is 0 Å². The number of ether oxygens (including phenoxy) is 2. The molecule has 0 fully saturated rings. The van der Waals surface area contributed by atoms with E-state index in [1.807, 2.05) is 31.2 Å². The highest BCUT2D eigenvalue weighted by molar-refractivity contribution is 7.16. The molecule has 2 aromatic carbocycles. The molecule has 0 aliphatic heterocycles. The van der Waals surface area contributed by atoms with Crippen LogP contribution >= 0.6 is 11.3 Å². The molecule has 0 radical (unpaired) electrons. The van der Waals surface area contributed by atoms with Crippen molar-refractivity contribution in [2.45, 2.75) is 26.6 Å². The van der Waals surface area contributed by atoms with Crippen LogP contribution in [0.1, 0.15) is 17.5 Å². The molecule has 1 N–H and O–H groups in total. The molecule has 0 spiro atoms. The molecule has 2 heterocycles. The maximum atomic E-state index is 12.6. The first kappa shape index (κ1) is 20.6. The first-order valence-electron chi connectivity index (χ1n) is 9.73. The Hall–Kier alpha value is -3.65. The molecule has 8 heteroatoms. The maximum Gasteiger partial charge on any atom is 0.265 e. The molecule has 0 saturated carbocycles. The lowest BCUT2D eigenvalue weighted by atomic mass is 10.2. The molecule has 4 aromatic rings. The number of carbonyl (C=O) groups is 1. The van der Waals surface area contributed by atoms with Crippen LogP contribution in [0, 0.1) is 6.92 Å². The van der Waals surface area contributed by atoms with Crippen LogP contribution in [0.3, 0.4) is 0 Å². The van der Waals surface area contributed by atoms with E-state index in [-0.39, 0.29) is 18.1 Å². The summed E-state index contributed by atoms with van der Waals surface area (Å²) < 4.78 is 13.1. The number of para-hydroxylation sites is 3. The number of carbonyl (C=O) groups excluding carboxylic acids is 1. The molecule has 0 saturated heterocycles. The van der Waals surface area contributed by atoms with Gasteiger partial charge in [0.2, 0.25) is 0 Å². The average Bonchev–Trinajstić information content (AvgIpc) is 3.14. The minimum Gasteiger partial charge on any atom is -0.485 e. The number of hydrogen-bond donors (Lipinski definition) is 1. The number of rotatable bonds is 7. The van der Waals surface area contributed by atoms with Gasteiger partial charge in [-0.05, 0) is 38.1 Å². The van der Waals surface area contributed by atoms with Crippen molar-refractivity contribution in [3.63, 3.8) is 0 Å². The smallest absolute Gasteiger partial charge is 0.265 e. The van der Waals surface area contributed by atoms with Crippen molar-refractivity contribution in [3.05, 3.63) is 87.8 Å². The van der Waals surface area contributed by atoms with Crippen LogP contribution in [-0.4, -0.2) is 21.4 Å². The molecule has 0 aliphatic rings. The van der Waals surface area contributed by atoms with Gasteiger partial charge in [0.05, 0.1) is 11.4 Å². The van der Waals surface area contributed by atoms with E-state index in [0.29, 0.717) is 27.8 Å². The monoisotopic (exact) mass is 435 g/mol. The van der Waals surface area contributed by atoms with E-state index in [2.05, 4.69) is 10.3 Å². The third-order valence-electron chi connectivity index (χ3n) is 4.48. The quantitative estimate of drug-likeness (QED) is 0.474. The standard InChI is InChI=1S/C23H21N3O4S/c1-15-13-26-21(27)12-17(24-23(26)31-15)14-29-20-11-7-6-10-19(20)25-22(28)16(2)30-18-8-4-3-5-9-18/h3-13,16H,14H2,1-2H3,(H,25,28)/t16-/m1/s1. The minimum atomic E-state index is -0.693. The minimum absolute atomic E-state index is 0.103. The summed E-state index contributed by atoms with van der Waals surface area (Å²) in [6, 6.07) is 17.7. The summed E-state index contributed by atoms with van der Waals surface area (Å²) in [5.41, 5.74) is 0.885. The molecule has 1 amide bonds. The fourth-order valence-corrected chi connectivity index (χ4v) is 3.82. The zero-order valence-corrected chi connectivity index (χ0v) is 17.9. The second-order valence-corrected chi connectivity index (χ2v) is 8.14. The lowest BCUT2D eigenvalue weighted by molar-refractivity contribution is -0.122. The third-order valence-corrected chi connectivity index (χ3v) is 5.38. The van der Waals surface area contributed by atoms with Crippen LogP contribution in [-0.2, 0) is 11.4 Å². The number of amides is 1. The SMILES string of the molecule is Cc1cn2c(=O)cc(COc3ccccc3NC(=O)[C@@H](C)Oc3ccccc3)nc2s1. The van der Waals surface area contributed by atoms with E-state index in [9.17, 15) is 9.59 Å². The van der Waals surface area contributed by atoms with Crippen molar-refractivity contribution in [2.75, 3.05) is 5.32 Å². The van der Waals surface area contributed by atoms with E-state index in [4.69, 9.17) is 9.47 Å². The summed E-state index contributed by atoms with van der Waals surface area (Å²) in [7, 11) is 0. The predicted octanol–water partition coefficient (Wildman–Crippen LogP) is 4.05. The molecule has 4 rings (SSSR count). The Kier molecular flexibility index (Phi) is 5.99. The van der Waals surface area contributed by atoms with Gasteiger partial charge in [-0.3, -0.25) is 14.0 Å². The summed E-state index contributed by atoms with van der Waals surface area (Å²) in [6.45, 7) is 3.71. The summed E-state index contributed by atoms with van der Waals surface area (Å²) in [6.07, 6.45) is 1.07. The van der Waals surface area contributed by atoms with E-state index in [0.717, 1.165) is 4.88 Å². The normalized spacial score (nSPS) is 11.8. The summed E-state index contributed by atoms with van der Waals surface area (Å²) >= 11 is 1.44. The number of fused-ring (bicyclic) bond motifs is 1. The molecule has 31 heavy (non-hydrogen) atoms. The first-order chi connectivity index (χ1) is 15.0. The molecule has 0 bridgehead atoms. The van der Waals surface area contributed by atoms with Gasteiger partial charge in [0.15, 0.2) is 11.1 Å². The number of nitrogens with one attached hydrogen (secondary N) is 1. The van der Waals surface area contributed by atoms with Gasteiger partial charge < -0.3 is 14.8 Å². The summed E-state index contributed by atoms with van der Waals surface area (Å²) in [5, 5.41) is 2.84. The molecule has 1 atom stereocenters. The number of benzene rings is 2. The van der Waals surface area contributed by atoms with Gasteiger partial charge in [0.25, 0.3) is 11.5 Å². The van der Waals surface area contributed by atoms with Crippen LogP contribution in [0.15, 0.2) is 71.7 Å². The Morgan fingerprint density at radius 2 is 1.90 bits per heavy atom. The van der Waals surface area contributed by atoms with Gasteiger partial charge in [0, 0.05) is 17.1 Å². The molecule has 2 aromatic heterocycles. The van der Waals surface area contributed by atoms with Crippen LogP contribution in [0.25, 0.3) is 4.96 Å². The Morgan fingerprint density at radius 1 is 1.16 bits per heavy atom. The Balaban J connectivity index is 1.45. The van der Waals surface area contributed by atoms with Gasteiger partial charge in [-0.25, -0.2) is 4.98 Å². The van der Waals surface area contributed by atoms with E-state index in [1.165, 1.54) is 21.8 Å². The largest absolute Gasteiger partial charge is 0.485 e. The van der Waals surface area contributed by atoms with Crippen molar-refractivity contribution in [1.29, 1.82) is 0 Å². The van der Waals surface area contributed by atoms with Crippen LogP contribution in [0.4, 0.5) is 5.69 Å². The van der Waals surface area contributed by atoms with Crippen molar-refractivity contribution in [1.82, 2.24) is 9.38 Å². The second-order valence-electron chi connectivity index (χ2n) is 6.93. The van der Waals surface area contributed by atoms with E-state index < -0.39 is 6.10 Å². The molecular formula is C23H21N3O4S. The van der Waals surface area contributed by atoms with Gasteiger partial charge in [-0.2, -0.15) is 0 Å². The molecule has 0 unspecified atom stereocenters. The maximum absolute atomic E-state index is 12.6. The summed E-state index contributed by atoms with van der Waals surface area (Å²) in [4.78, 5) is 31.0. The van der Waals surface area contributed by atoms with Crippen molar-refractivity contribution in [3.8, 4) is 11.5 Å². The Morgan fingerprint density at radius 3 is 2.71 bits per heavy atom. The zero-order chi connectivity index (χ0) is 21.8. The number of nitrogens with zero attached hydrogens (tertiary/aromatic N) is 2. The fourth-order valence-electron chi connectivity index (χ4n) is 2.97. The number of anilines is 1. The van der Waals surface area contributed by atoms with E-state index in [1.54, 1.807) is 43.5 Å². The van der Waals surface area contributed by atoms with Crippen LogP contribution in [0.5, 0.6) is 11.5 Å². The Bertz CT molecular complexity index is 1270. The number of aryl methyl sites for hydroxylation is 1. The fraction of sp³-hybridized carbons (Fsp3) is 0.174. The van der Waals surface area contributed by atoms with Crippen molar-refractivity contribution in [2.24, 2.45) is 0 Å². The summed E-state index contributed by atoms with van der Waals surface area (Å²) in [5.74, 6) is 0.796. The van der Waals surface area contributed by atoms with Crippen molar-refractivity contribution >= 4 is 27.9 Å². The molecular weight excluding hydrogens is 414 g/mol. The number of hydrogen-bond acceptors (Lipinski definition) is 6. The third kappa shape index (κ3) is 4.92. The second kappa shape index (κ2) is 9.01. The number of aromatic nitrogens is 2. The molecule has 0 aliphatic carbocycles. The van der Waals surface area contributed by atoms with Gasteiger partial charge in [0.1, 0.15) is 18.1 Å². The molecule has 7 nitrogen and oxygen atoms in total. The van der Waals surface area contributed by atoms with Gasteiger partial charge >= 0.3 is 0 Å². The predicted molar refractivity (Wildman–Crippen MR) is 120 cm³/mol. The van der Waals surface area contributed by atoms with Gasteiger partial charge in [-0.1, -0.05) is 30.3 Å². The van der Waals surface area contributed by atoms with E-state index >= 15 is 0 Å².